The Bertz CT molecular complexity index is 202. The summed E-state index contributed by atoms with van der Waals surface area (Å²) in [5.41, 5.74) is 2.64. The van der Waals surface area contributed by atoms with Gasteiger partial charge in [0.05, 0.1) is 8.07 Å². The van der Waals surface area contributed by atoms with Crippen molar-refractivity contribution >= 4 is 8.07 Å². The lowest BCUT2D eigenvalue weighted by Crippen LogP contribution is -2.43. The first kappa shape index (κ1) is 17.0. The van der Waals surface area contributed by atoms with Crippen LogP contribution in [0.25, 0.3) is 0 Å². The average Bonchev–Trinajstić information content (AvgIpc) is 2.15. The lowest BCUT2D eigenvalue weighted by atomic mass is 10.1. The fourth-order valence-corrected chi connectivity index (χ4v) is 9.35. The normalized spacial score (nSPS) is 13.9. The molecule has 0 nitrogen and oxygen atoms in total. The van der Waals surface area contributed by atoms with Crippen LogP contribution < -0.4 is 0 Å². The van der Waals surface area contributed by atoms with Gasteiger partial charge >= 0.3 is 0 Å². The van der Waals surface area contributed by atoms with Crippen LogP contribution in [0.2, 0.25) is 22.7 Å². The zero-order valence-electron chi connectivity index (χ0n) is 13.4. The maximum atomic E-state index is 2.49. The molecule has 0 spiro atoms. The van der Waals surface area contributed by atoms with Gasteiger partial charge in [0.25, 0.3) is 0 Å². The van der Waals surface area contributed by atoms with Gasteiger partial charge in [0.2, 0.25) is 0 Å². The van der Waals surface area contributed by atoms with Crippen LogP contribution in [0.3, 0.4) is 0 Å². The summed E-state index contributed by atoms with van der Waals surface area (Å²) in [6.07, 6.45) is 6.14. The minimum absolute atomic E-state index is 0.791. The van der Waals surface area contributed by atoms with E-state index in [9.17, 15) is 0 Å². The Hall–Kier alpha value is -0.0431. The summed E-state index contributed by atoms with van der Waals surface area (Å²) in [6, 6.07) is 1.37. The summed E-state index contributed by atoms with van der Waals surface area (Å²) in [5, 5.41) is 0. The van der Waals surface area contributed by atoms with E-state index in [1.54, 1.807) is 0 Å². The van der Waals surface area contributed by atoms with Crippen molar-refractivity contribution in [3.63, 3.8) is 0 Å². The van der Waals surface area contributed by atoms with Gasteiger partial charge in [0.15, 0.2) is 0 Å². The first-order valence-corrected chi connectivity index (χ1v) is 9.84. The van der Waals surface area contributed by atoms with E-state index < -0.39 is 8.07 Å². The molecule has 1 heteroatoms. The minimum Gasteiger partial charge on any atom is -0.0911 e. The molecule has 0 aliphatic heterocycles. The van der Waals surface area contributed by atoms with Crippen LogP contribution in [0.5, 0.6) is 0 Å². The molecule has 0 atom stereocenters. The number of hydrogen-bond acceptors (Lipinski definition) is 0. The van der Waals surface area contributed by atoms with E-state index in [1.165, 1.54) is 12.5 Å². The first-order valence-electron chi connectivity index (χ1n) is 7.40. The molecule has 0 heterocycles. The van der Waals surface area contributed by atoms with E-state index >= 15 is 0 Å². The fourth-order valence-electron chi connectivity index (χ4n) is 3.36. The van der Waals surface area contributed by atoms with Crippen LogP contribution >= 0.6 is 0 Å². The first-order chi connectivity index (χ1) is 7.75. The van der Waals surface area contributed by atoms with Gasteiger partial charge in [-0.1, -0.05) is 84.2 Å². The Balaban J connectivity index is 4.76. The molecule has 0 bridgehead atoms. The van der Waals surface area contributed by atoms with Crippen LogP contribution in [-0.4, -0.2) is 8.07 Å². The molecule has 0 aliphatic rings. The van der Waals surface area contributed by atoms with Crippen molar-refractivity contribution in [2.75, 3.05) is 0 Å². The van der Waals surface area contributed by atoms with Crippen LogP contribution in [0, 0.1) is 5.92 Å². The quantitative estimate of drug-likeness (QED) is 0.371. The Labute approximate surface area is 111 Å². The van der Waals surface area contributed by atoms with Crippen molar-refractivity contribution < 1.29 is 0 Å². The highest BCUT2D eigenvalue weighted by atomic mass is 28.3. The second-order valence-electron chi connectivity index (χ2n) is 6.88. The van der Waals surface area contributed by atoms with E-state index in [0.717, 1.165) is 22.5 Å². The highest BCUT2D eigenvalue weighted by Crippen LogP contribution is 2.44. The Kier molecular flexibility index (Phi) is 7.39. The molecule has 102 valence electrons. The average molecular weight is 255 g/mol. The van der Waals surface area contributed by atoms with E-state index in [0.29, 0.717) is 0 Å². The van der Waals surface area contributed by atoms with Crippen LogP contribution in [0.4, 0.5) is 0 Å². The molecule has 0 aromatic carbocycles. The molecule has 0 saturated carbocycles. The molecule has 0 rings (SSSR count). The molecule has 0 saturated heterocycles. The smallest absolute Gasteiger partial charge is 0.0650 e. The molecular weight excluding hydrogens is 220 g/mol. The zero-order valence-corrected chi connectivity index (χ0v) is 14.4. The highest BCUT2D eigenvalue weighted by molar-refractivity contribution is 6.83. The fraction of sp³-hybridized carbons (Fsp3) is 0.875. The minimum atomic E-state index is -1.19. The Morgan fingerprint density at radius 1 is 0.706 bits per heavy atom. The summed E-state index contributed by atoms with van der Waals surface area (Å²) in [7, 11) is -1.19. The van der Waals surface area contributed by atoms with Gasteiger partial charge in [-0.2, -0.15) is 0 Å². The van der Waals surface area contributed by atoms with Gasteiger partial charge in [-0.3, -0.25) is 0 Å². The number of allylic oxidation sites excluding steroid dienone is 2. The molecule has 0 amide bonds. The third-order valence-electron chi connectivity index (χ3n) is 4.47. The van der Waals surface area contributed by atoms with Crippen molar-refractivity contribution in [2.24, 2.45) is 5.92 Å². The van der Waals surface area contributed by atoms with Gasteiger partial charge in [-0.25, -0.2) is 0 Å². The van der Waals surface area contributed by atoms with Crippen LogP contribution in [0.15, 0.2) is 12.2 Å². The zero-order chi connectivity index (χ0) is 13.6. The second kappa shape index (κ2) is 7.40. The van der Waals surface area contributed by atoms with Gasteiger partial charge in [0, 0.05) is 0 Å². The lowest BCUT2D eigenvalue weighted by molar-refractivity contribution is 0.663. The molecule has 0 unspecified atom stereocenters. The van der Waals surface area contributed by atoms with Crippen LogP contribution in [0.1, 0.15) is 61.8 Å². The van der Waals surface area contributed by atoms with Gasteiger partial charge in [0.1, 0.15) is 0 Å². The third-order valence-corrected chi connectivity index (χ3v) is 11.9. The van der Waals surface area contributed by atoms with Crippen molar-refractivity contribution in [3.8, 4) is 0 Å². The molecule has 0 fully saturated rings. The van der Waals surface area contributed by atoms with Crippen molar-refractivity contribution in [1.29, 1.82) is 0 Å². The Morgan fingerprint density at radius 2 is 1.12 bits per heavy atom. The standard InChI is InChI=1S/C16H34Si/c1-13(2)11-9-10-12-17(14(3)4,15(5)6)16(7)8/h9-10,13-16H,11-12H2,1-8H3/b10-9-. The molecular formula is C16H34Si. The van der Waals surface area contributed by atoms with Gasteiger partial charge in [-0.15, -0.1) is 0 Å². The van der Waals surface area contributed by atoms with Crippen LogP contribution in [-0.2, 0) is 0 Å². The largest absolute Gasteiger partial charge is 0.0911 e. The predicted octanol–water partition coefficient (Wildman–Crippen LogP) is 6.27. The topological polar surface area (TPSA) is 0 Å². The summed E-state index contributed by atoms with van der Waals surface area (Å²) < 4.78 is 0. The van der Waals surface area contributed by atoms with E-state index in [2.05, 4.69) is 67.5 Å². The van der Waals surface area contributed by atoms with E-state index in [-0.39, 0.29) is 0 Å². The molecule has 17 heavy (non-hydrogen) atoms. The monoisotopic (exact) mass is 254 g/mol. The maximum absolute atomic E-state index is 2.49. The van der Waals surface area contributed by atoms with Crippen molar-refractivity contribution in [3.05, 3.63) is 12.2 Å². The summed E-state index contributed by atoms with van der Waals surface area (Å²) in [6.45, 7) is 19.3. The Morgan fingerprint density at radius 3 is 1.41 bits per heavy atom. The third kappa shape index (κ3) is 4.61. The molecule has 0 aliphatic carbocycles. The molecule has 0 radical (unpaired) electrons. The predicted molar refractivity (Wildman–Crippen MR) is 84.5 cm³/mol. The maximum Gasteiger partial charge on any atom is 0.0650 e. The highest BCUT2D eigenvalue weighted by Gasteiger charge is 2.41. The summed E-state index contributed by atoms with van der Waals surface area (Å²) in [4.78, 5) is 0. The van der Waals surface area contributed by atoms with Crippen molar-refractivity contribution in [2.45, 2.75) is 84.5 Å². The lowest BCUT2D eigenvalue weighted by Gasteiger charge is -2.42. The van der Waals surface area contributed by atoms with Gasteiger partial charge in [-0.05, 0) is 18.4 Å². The van der Waals surface area contributed by atoms with Gasteiger partial charge < -0.3 is 0 Å². The summed E-state index contributed by atoms with van der Waals surface area (Å²) >= 11 is 0. The van der Waals surface area contributed by atoms with E-state index in [4.69, 9.17) is 0 Å². The molecule has 0 aromatic rings. The second-order valence-corrected chi connectivity index (χ2v) is 13.0. The summed E-state index contributed by atoms with van der Waals surface area (Å²) in [5.74, 6) is 0.791. The number of hydrogen-bond donors (Lipinski definition) is 0. The van der Waals surface area contributed by atoms with E-state index in [1.807, 2.05) is 0 Å². The number of rotatable bonds is 7. The molecule has 0 N–H and O–H groups in total. The molecule has 0 aromatic heterocycles. The SMILES string of the molecule is CC(C)C/C=C\C[Si](C(C)C)(C(C)C)C(C)C. The van der Waals surface area contributed by atoms with Crippen molar-refractivity contribution in [1.82, 2.24) is 0 Å².